The van der Waals surface area contributed by atoms with Crippen molar-refractivity contribution in [2.45, 2.75) is 55.3 Å². The van der Waals surface area contributed by atoms with Gasteiger partial charge in [-0.2, -0.15) is 0 Å². The predicted octanol–water partition coefficient (Wildman–Crippen LogP) is -1.78. The van der Waals surface area contributed by atoms with Crippen LogP contribution >= 0.6 is 0 Å². The Labute approximate surface area is 230 Å². The summed E-state index contributed by atoms with van der Waals surface area (Å²) in [7, 11) is 0. The average molecular weight is 580 g/mol. The second-order valence-electron chi connectivity index (χ2n) is 9.65. The molecule has 9 atom stereocenters. The minimum absolute atomic E-state index is 0.111. The van der Waals surface area contributed by atoms with Crippen LogP contribution in [0.4, 0.5) is 0 Å². The molecule has 41 heavy (non-hydrogen) atoms. The van der Waals surface area contributed by atoms with Crippen LogP contribution in [0.15, 0.2) is 45.6 Å². The highest BCUT2D eigenvalue weighted by atomic mass is 16.8. The maximum atomic E-state index is 13.7. The molecule has 2 aliphatic rings. The molecule has 222 valence electrons. The third kappa shape index (κ3) is 5.42. The lowest BCUT2D eigenvalue weighted by Crippen LogP contribution is -2.64. The largest absolute Gasteiger partial charge is 0.508 e. The van der Waals surface area contributed by atoms with Crippen LogP contribution in [0, 0.1) is 0 Å². The first-order chi connectivity index (χ1) is 19.5. The molecular weight excluding hydrogens is 552 g/mol. The van der Waals surface area contributed by atoms with Crippen LogP contribution in [-0.4, -0.2) is 114 Å². The fourth-order valence-corrected chi connectivity index (χ4v) is 4.64. The zero-order valence-corrected chi connectivity index (χ0v) is 21.0. The summed E-state index contributed by atoms with van der Waals surface area (Å²) >= 11 is 0. The van der Waals surface area contributed by atoms with Crippen LogP contribution in [0.1, 0.15) is 0 Å². The number of aliphatic hydroxyl groups is 6. The summed E-state index contributed by atoms with van der Waals surface area (Å²) in [5.74, 6) is -2.02. The van der Waals surface area contributed by atoms with Gasteiger partial charge in [0.05, 0.1) is 13.2 Å². The molecule has 2 aromatic carbocycles. The molecule has 5 rings (SSSR count). The fourth-order valence-electron chi connectivity index (χ4n) is 4.64. The Bertz CT molecular complexity index is 1440. The monoisotopic (exact) mass is 580 g/mol. The summed E-state index contributed by atoms with van der Waals surface area (Å²) in [4.78, 5) is 13.7. The van der Waals surface area contributed by atoms with Crippen LogP contribution in [0.25, 0.3) is 22.3 Å². The molecule has 3 heterocycles. The summed E-state index contributed by atoms with van der Waals surface area (Å²) in [5.41, 5.74) is -0.992. The highest BCUT2D eigenvalue weighted by Gasteiger charge is 2.50. The van der Waals surface area contributed by atoms with Crippen molar-refractivity contribution in [1.29, 1.82) is 0 Å². The van der Waals surface area contributed by atoms with Gasteiger partial charge in [0.2, 0.25) is 17.5 Å². The van der Waals surface area contributed by atoms with Gasteiger partial charge >= 0.3 is 0 Å². The lowest BCUT2D eigenvalue weighted by Gasteiger charge is -2.44. The minimum Gasteiger partial charge on any atom is -0.508 e. The molecule has 0 aliphatic carbocycles. The molecular formula is C26H28O15. The van der Waals surface area contributed by atoms with Crippen molar-refractivity contribution in [2.75, 3.05) is 13.2 Å². The number of rotatable bonds is 6. The van der Waals surface area contributed by atoms with Gasteiger partial charge in [-0.25, -0.2) is 0 Å². The highest BCUT2D eigenvalue weighted by molar-refractivity contribution is 5.88. The molecule has 0 spiro atoms. The number of ether oxygens (including phenoxy) is 4. The lowest BCUT2D eigenvalue weighted by molar-refractivity contribution is -0.345. The van der Waals surface area contributed by atoms with Crippen molar-refractivity contribution < 1.29 is 69.3 Å². The third-order valence-electron chi connectivity index (χ3n) is 6.85. The molecule has 3 aromatic rings. The van der Waals surface area contributed by atoms with Crippen molar-refractivity contribution in [3.63, 3.8) is 0 Å². The van der Waals surface area contributed by atoms with Crippen LogP contribution in [-0.2, 0) is 14.2 Å². The van der Waals surface area contributed by atoms with Crippen LogP contribution < -0.4 is 10.2 Å². The van der Waals surface area contributed by atoms with E-state index in [4.69, 9.17) is 23.4 Å². The van der Waals surface area contributed by atoms with E-state index >= 15 is 0 Å². The normalized spacial score (nSPS) is 32.2. The molecule has 1 aromatic heterocycles. The van der Waals surface area contributed by atoms with Gasteiger partial charge in [0.25, 0.3) is 0 Å². The number of hydrogen-bond acceptors (Lipinski definition) is 15. The topological polar surface area (TPSA) is 249 Å². The van der Waals surface area contributed by atoms with Crippen molar-refractivity contribution in [3.8, 4) is 34.3 Å². The average Bonchev–Trinajstić information content (AvgIpc) is 2.93. The molecule has 0 bridgehead atoms. The molecule has 0 radical (unpaired) electrons. The highest BCUT2D eigenvalue weighted by Crippen LogP contribution is 2.38. The predicted molar refractivity (Wildman–Crippen MR) is 134 cm³/mol. The maximum absolute atomic E-state index is 13.7. The van der Waals surface area contributed by atoms with Gasteiger partial charge in [-0.3, -0.25) is 4.79 Å². The number of fused-ring (bicyclic) bond motifs is 1. The number of phenols is 3. The Balaban J connectivity index is 1.60. The van der Waals surface area contributed by atoms with Crippen LogP contribution in [0.3, 0.4) is 0 Å². The Morgan fingerprint density at radius 1 is 0.854 bits per heavy atom. The van der Waals surface area contributed by atoms with Crippen molar-refractivity contribution >= 4 is 11.0 Å². The van der Waals surface area contributed by atoms with E-state index < -0.39 is 96.6 Å². The van der Waals surface area contributed by atoms with E-state index in [-0.39, 0.29) is 22.7 Å². The van der Waals surface area contributed by atoms with Crippen molar-refractivity contribution in [2.24, 2.45) is 0 Å². The summed E-state index contributed by atoms with van der Waals surface area (Å²) in [6.45, 7) is -1.25. The number of hydrogen-bond donors (Lipinski definition) is 9. The van der Waals surface area contributed by atoms with Gasteiger partial charge in [0.1, 0.15) is 64.8 Å². The second kappa shape index (κ2) is 11.4. The third-order valence-corrected chi connectivity index (χ3v) is 6.85. The zero-order chi connectivity index (χ0) is 29.6. The van der Waals surface area contributed by atoms with E-state index in [0.717, 1.165) is 12.1 Å². The van der Waals surface area contributed by atoms with Gasteiger partial charge in [-0.15, -0.1) is 0 Å². The summed E-state index contributed by atoms with van der Waals surface area (Å²) in [5, 5.41) is 90.8. The quantitative estimate of drug-likeness (QED) is 0.156. The molecule has 2 saturated heterocycles. The summed E-state index contributed by atoms with van der Waals surface area (Å²) < 4.78 is 28.1. The summed E-state index contributed by atoms with van der Waals surface area (Å²) in [6, 6.07) is 7.30. The van der Waals surface area contributed by atoms with E-state index in [1.54, 1.807) is 0 Å². The molecule has 2 aliphatic heterocycles. The molecule has 15 nitrogen and oxygen atoms in total. The van der Waals surface area contributed by atoms with E-state index in [1.807, 2.05) is 0 Å². The Morgan fingerprint density at radius 2 is 1.56 bits per heavy atom. The lowest BCUT2D eigenvalue weighted by atomic mass is 9.98. The second-order valence-corrected chi connectivity index (χ2v) is 9.65. The van der Waals surface area contributed by atoms with E-state index in [9.17, 15) is 50.8 Å². The maximum Gasteiger partial charge on any atom is 0.239 e. The molecule has 0 saturated carbocycles. The molecule has 15 heteroatoms. The van der Waals surface area contributed by atoms with E-state index in [1.165, 1.54) is 24.3 Å². The number of aliphatic hydroxyl groups excluding tert-OH is 6. The van der Waals surface area contributed by atoms with Gasteiger partial charge < -0.3 is 69.3 Å². The van der Waals surface area contributed by atoms with Crippen molar-refractivity contribution in [1.82, 2.24) is 0 Å². The van der Waals surface area contributed by atoms with Crippen molar-refractivity contribution in [3.05, 3.63) is 46.6 Å². The first-order valence-electron chi connectivity index (χ1n) is 12.4. The zero-order valence-electron chi connectivity index (χ0n) is 21.0. The summed E-state index contributed by atoms with van der Waals surface area (Å²) in [6.07, 6.45) is -15.1. The van der Waals surface area contributed by atoms with Gasteiger partial charge in [-0.1, -0.05) is 0 Å². The van der Waals surface area contributed by atoms with Gasteiger partial charge in [0.15, 0.2) is 18.2 Å². The Kier molecular flexibility index (Phi) is 8.06. The SMILES string of the molecule is O=c1c(O[C@@H]2O[C@H](CO)[C@H](O)[C@H](O)[C@H]2O[C@@H]2OC[C@@H](O)[C@H](O)[C@H]2O)c(-c2ccc(O)cc2)oc2cc(O)cc(O)c12. The van der Waals surface area contributed by atoms with E-state index in [0.29, 0.717) is 0 Å². The Hall–Kier alpha value is -3.51. The van der Waals surface area contributed by atoms with Crippen LogP contribution in [0.2, 0.25) is 0 Å². The Morgan fingerprint density at radius 3 is 2.24 bits per heavy atom. The van der Waals surface area contributed by atoms with Crippen LogP contribution in [0.5, 0.6) is 23.0 Å². The number of aromatic hydroxyl groups is 3. The minimum atomic E-state index is -1.86. The molecule has 2 fully saturated rings. The first kappa shape index (κ1) is 29.0. The van der Waals surface area contributed by atoms with Gasteiger partial charge in [0, 0.05) is 17.7 Å². The smallest absolute Gasteiger partial charge is 0.239 e. The number of benzene rings is 2. The standard InChI is InChI=1S/C26H28O15/c27-7-15-18(33)20(35)24(41-25-21(36)17(32)13(31)8-37-25)26(39-15)40-23-19(34)16-12(30)5-11(29)6-14(16)38-22(23)9-1-3-10(28)4-2-9/h1-6,13,15,17-18,20-21,24-33,35-36H,7-8H2/t13-,15-,17+,18+,20+,21-,24-,25+,26+/m1/s1. The fraction of sp³-hybridized carbons (Fsp3) is 0.423. The number of phenolic OH excluding ortho intramolecular Hbond substituents is 3. The van der Waals surface area contributed by atoms with E-state index in [2.05, 4.69) is 0 Å². The molecule has 0 amide bonds. The van der Waals surface area contributed by atoms with Gasteiger partial charge in [-0.05, 0) is 24.3 Å². The molecule has 9 N–H and O–H groups in total. The molecule has 0 unspecified atom stereocenters. The first-order valence-corrected chi connectivity index (χ1v) is 12.4.